The van der Waals surface area contributed by atoms with E-state index in [1.165, 1.54) is 0 Å². The van der Waals surface area contributed by atoms with E-state index < -0.39 is 90.3 Å². The van der Waals surface area contributed by atoms with Crippen LogP contribution in [-0.2, 0) is 14.4 Å². The van der Waals surface area contributed by atoms with Gasteiger partial charge in [0.25, 0.3) is 0 Å². The van der Waals surface area contributed by atoms with Gasteiger partial charge in [0.2, 0.25) is 0 Å². The topological polar surface area (TPSA) is 207 Å². The van der Waals surface area contributed by atoms with Crippen molar-refractivity contribution < 1.29 is 109 Å². The predicted octanol–water partition coefficient (Wildman–Crippen LogP) is 0.759. The van der Waals surface area contributed by atoms with E-state index in [0.29, 0.717) is 19.4 Å². The molecule has 0 aliphatic carbocycles. The van der Waals surface area contributed by atoms with Gasteiger partial charge in [0.1, 0.15) is 6.04 Å². The lowest BCUT2D eigenvalue weighted by Crippen LogP contribution is -2.78. The zero-order valence-corrected chi connectivity index (χ0v) is 21.9. The van der Waals surface area contributed by atoms with Crippen molar-refractivity contribution in [3.8, 4) is 0 Å². The molecular formula is C19H21F17N4O6. The van der Waals surface area contributed by atoms with Crippen LogP contribution in [0.4, 0.5) is 74.6 Å². The number of hydrogen-bond acceptors (Lipinski definition) is 5. The fraction of sp³-hybridized carbons (Fsp3) is 0.789. The summed E-state index contributed by atoms with van der Waals surface area (Å²) in [5.41, 5.74) is 15.4. The van der Waals surface area contributed by atoms with Crippen LogP contribution >= 0.6 is 0 Å². The molecule has 0 aromatic heterocycles. The van der Waals surface area contributed by atoms with E-state index in [2.05, 4.69) is 4.99 Å². The molecular weight excluding hydrogens is 703 g/mol. The molecule has 10 nitrogen and oxygen atoms in total. The van der Waals surface area contributed by atoms with E-state index in [1.54, 1.807) is 0 Å². The number of nitrogens with two attached hydrogens (primary N) is 3. The summed E-state index contributed by atoms with van der Waals surface area (Å²) in [6.45, 7) is 0.545. The minimum atomic E-state index is -8.78. The van der Waals surface area contributed by atoms with E-state index in [-0.39, 0.29) is 5.96 Å². The first-order chi connectivity index (χ1) is 20.0. The molecule has 0 aliphatic heterocycles. The third-order valence-corrected chi connectivity index (χ3v) is 5.45. The summed E-state index contributed by atoms with van der Waals surface area (Å²) in [6, 6.07) is -0.800. The summed E-state index contributed by atoms with van der Waals surface area (Å²) in [6.07, 6.45) is -12.3. The third kappa shape index (κ3) is 8.83. The summed E-state index contributed by atoms with van der Waals surface area (Å²) in [7, 11) is 0. The molecule has 0 heterocycles. The van der Waals surface area contributed by atoms with Gasteiger partial charge in [-0.1, -0.05) is 0 Å². The van der Waals surface area contributed by atoms with Crippen molar-refractivity contribution in [1.29, 1.82) is 0 Å². The minimum Gasteiger partial charge on any atom is -0.549 e. The van der Waals surface area contributed by atoms with E-state index in [9.17, 15) is 94.1 Å². The SMILES string of the molecule is NC(N)=[NH+]CCC[C@H](N)C(=O)O.O=C([O-])C(CCC(F)(F)C(F)(F)C(F)(F)C(F)(F)C(F)(F)C(F)(F)C(F)(F)C(F)(F)F)C(=O)O. The molecule has 0 saturated heterocycles. The summed E-state index contributed by atoms with van der Waals surface area (Å²) in [5, 5.41) is 27.0. The van der Waals surface area contributed by atoms with Crippen LogP contribution in [0.5, 0.6) is 0 Å². The van der Waals surface area contributed by atoms with Crippen molar-refractivity contribution in [2.75, 3.05) is 6.54 Å². The average Bonchev–Trinajstić information content (AvgIpc) is 2.84. The lowest BCUT2D eigenvalue weighted by Gasteiger charge is -2.42. The first-order valence-electron chi connectivity index (χ1n) is 11.3. The smallest absolute Gasteiger partial charge is 0.460 e. The van der Waals surface area contributed by atoms with Gasteiger partial charge in [0.05, 0.1) is 18.4 Å². The maximum atomic E-state index is 13.5. The minimum absolute atomic E-state index is 0.138. The number of carbonyl (C=O) groups excluding carboxylic acids is 1. The van der Waals surface area contributed by atoms with Gasteiger partial charge < -0.3 is 25.8 Å². The monoisotopic (exact) mass is 724 g/mol. The van der Waals surface area contributed by atoms with Crippen molar-refractivity contribution in [2.45, 2.75) is 79.4 Å². The Morgan fingerprint density at radius 2 is 1.00 bits per heavy atom. The number of carboxylic acids is 3. The van der Waals surface area contributed by atoms with Crippen molar-refractivity contribution in [3.05, 3.63) is 0 Å². The lowest BCUT2D eigenvalue weighted by atomic mass is 9.87. The van der Waals surface area contributed by atoms with Gasteiger partial charge in [-0.2, -0.15) is 74.6 Å². The van der Waals surface area contributed by atoms with Gasteiger partial charge in [-0.05, 0) is 19.3 Å². The van der Waals surface area contributed by atoms with Crippen molar-refractivity contribution >= 4 is 23.9 Å². The van der Waals surface area contributed by atoms with Gasteiger partial charge in [-0.25, -0.2) is 0 Å². The largest absolute Gasteiger partial charge is 0.549 e. The molecule has 0 fully saturated rings. The van der Waals surface area contributed by atoms with Crippen LogP contribution in [0.25, 0.3) is 0 Å². The summed E-state index contributed by atoms with van der Waals surface area (Å²) >= 11 is 0. The Morgan fingerprint density at radius 3 is 1.30 bits per heavy atom. The van der Waals surface area contributed by atoms with Gasteiger partial charge in [-0.15, -0.1) is 0 Å². The summed E-state index contributed by atoms with van der Waals surface area (Å²) < 4.78 is 221. The Kier molecular flexibility index (Phi) is 14.0. The number of carboxylic acid groups (broad SMARTS) is 3. The van der Waals surface area contributed by atoms with E-state index in [1.807, 2.05) is 0 Å². The zero-order chi connectivity index (χ0) is 37.7. The summed E-state index contributed by atoms with van der Waals surface area (Å²) in [5.74, 6) is -67.4. The quantitative estimate of drug-likeness (QED) is 0.0436. The molecule has 0 rings (SSSR count). The highest BCUT2D eigenvalue weighted by Crippen LogP contribution is 2.64. The Bertz CT molecular complexity index is 1100. The third-order valence-electron chi connectivity index (χ3n) is 5.45. The molecule has 1 unspecified atom stereocenters. The molecule has 0 amide bonds. The Balaban J connectivity index is 0. The van der Waals surface area contributed by atoms with Crippen LogP contribution in [0.3, 0.4) is 0 Å². The van der Waals surface area contributed by atoms with Crippen LogP contribution in [0.15, 0.2) is 0 Å². The van der Waals surface area contributed by atoms with Crippen LogP contribution in [-0.4, -0.2) is 94.3 Å². The number of rotatable bonds is 16. The lowest BCUT2D eigenvalue weighted by molar-refractivity contribution is -0.461. The van der Waals surface area contributed by atoms with Gasteiger partial charge in [0, 0.05) is 6.42 Å². The number of carbonyl (C=O) groups is 3. The molecule has 2 atom stereocenters. The number of hydrogen-bond donors (Lipinski definition) is 6. The summed E-state index contributed by atoms with van der Waals surface area (Å²) in [4.78, 5) is 33.6. The zero-order valence-electron chi connectivity index (χ0n) is 21.9. The van der Waals surface area contributed by atoms with E-state index in [0.717, 1.165) is 0 Å². The number of nitrogens with one attached hydrogen (secondary N) is 1. The molecule has 27 heteroatoms. The molecule has 0 spiro atoms. The maximum Gasteiger partial charge on any atom is 0.460 e. The Labute approximate surface area is 243 Å². The first-order valence-corrected chi connectivity index (χ1v) is 11.3. The number of alkyl halides is 17. The van der Waals surface area contributed by atoms with Gasteiger partial charge >= 0.3 is 65.5 Å². The molecule has 0 radical (unpaired) electrons. The van der Waals surface area contributed by atoms with Crippen molar-refractivity contribution in [3.63, 3.8) is 0 Å². The van der Waals surface area contributed by atoms with E-state index in [4.69, 9.17) is 27.4 Å². The number of aliphatic carboxylic acids is 3. The van der Waals surface area contributed by atoms with Crippen molar-refractivity contribution in [2.24, 2.45) is 23.1 Å². The molecule has 0 aromatic rings. The average molecular weight is 724 g/mol. The second-order valence-electron chi connectivity index (χ2n) is 8.87. The second kappa shape index (κ2) is 14.5. The van der Waals surface area contributed by atoms with Gasteiger partial charge in [0.15, 0.2) is 0 Å². The molecule has 0 aromatic carbocycles. The molecule has 272 valence electrons. The van der Waals surface area contributed by atoms with Gasteiger partial charge in [-0.3, -0.25) is 26.0 Å². The molecule has 0 bridgehead atoms. The molecule has 46 heavy (non-hydrogen) atoms. The van der Waals surface area contributed by atoms with Crippen LogP contribution in [0.1, 0.15) is 25.7 Å². The highest BCUT2D eigenvalue weighted by Gasteiger charge is 2.95. The maximum absolute atomic E-state index is 13.5. The number of halogens is 17. The molecule has 9 N–H and O–H groups in total. The highest BCUT2D eigenvalue weighted by molar-refractivity contribution is 5.91. The Morgan fingerprint density at radius 1 is 0.630 bits per heavy atom. The van der Waals surface area contributed by atoms with Crippen molar-refractivity contribution in [1.82, 2.24) is 0 Å². The van der Waals surface area contributed by atoms with E-state index >= 15 is 0 Å². The molecule has 0 aliphatic rings. The number of guanidine groups is 1. The fourth-order valence-corrected chi connectivity index (χ4v) is 2.70. The second-order valence-corrected chi connectivity index (χ2v) is 8.87. The normalized spacial score (nSPS) is 15.3. The Hall–Kier alpha value is -3.55. The highest BCUT2D eigenvalue weighted by atomic mass is 19.4. The fourth-order valence-electron chi connectivity index (χ4n) is 2.70. The first kappa shape index (κ1) is 44.6. The molecule has 0 saturated carbocycles. The predicted molar refractivity (Wildman–Crippen MR) is 110 cm³/mol. The van der Waals surface area contributed by atoms with Crippen LogP contribution in [0.2, 0.25) is 0 Å². The van der Waals surface area contributed by atoms with Crippen LogP contribution in [0, 0.1) is 5.92 Å². The standard InChI is InChI=1S/C13H7F17O4.C6H14N4O2/c14-6(15,2-1-3(4(31)32)5(33)34)7(16,17)8(18,19)9(20,21)10(22,23)11(24,25)12(26,27)13(28,29)30;7-4(5(11)12)2-1-3-10-6(8)9/h3H,1-2H2,(H,31,32)(H,33,34);4H,1-3,7H2,(H,11,12)(H4,8,9,10)/t;4-/m.0/s1. The van der Waals surface area contributed by atoms with Crippen LogP contribution < -0.4 is 27.3 Å².